The summed E-state index contributed by atoms with van der Waals surface area (Å²) in [5.41, 5.74) is 1.89. The van der Waals surface area contributed by atoms with E-state index in [0.29, 0.717) is 24.7 Å². The van der Waals surface area contributed by atoms with E-state index in [-0.39, 0.29) is 30.0 Å². The van der Waals surface area contributed by atoms with Crippen LogP contribution >= 0.6 is 0 Å². The number of nitrogens with one attached hydrogen (secondary N) is 1. The van der Waals surface area contributed by atoms with Crippen molar-refractivity contribution in [2.45, 2.75) is 45.4 Å². The molecule has 0 aliphatic carbocycles. The molecule has 1 N–H and O–H groups in total. The predicted molar refractivity (Wildman–Crippen MR) is 108 cm³/mol. The van der Waals surface area contributed by atoms with E-state index in [9.17, 15) is 4.79 Å². The summed E-state index contributed by atoms with van der Waals surface area (Å²) < 4.78 is 13.6. The number of hydrogen-bond acceptors (Lipinski definition) is 5. The van der Waals surface area contributed by atoms with E-state index in [1.54, 1.807) is 12.4 Å². The zero-order chi connectivity index (χ0) is 20.4. The molecule has 1 aliphatic rings. The summed E-state index contributed by atoms with van der Waals surface area (Å²) in [4.78, 5) is 17.3. The zero-order valence-electron chi connectivity index (χ0n) is 16.9. The standard InChI is InChI=1S/C22H26N4O3/c1-14(2)26-13-17(11-24-26)20-18(9-10-28-20)21(27)25-15(3)22-23-12-19(29-22)16-7-5-4-6-8-16/h4-8,11-15,18,20H,9-10H2,1-3H3,(H,25,27)/t15?,18-,20+/m1/s1. The van der Waals surface area contributed by atoms with Crippen LogP contribution in [0.1, 0.15) is 56.8 Å². The van der Waals surface area contributed by atoms with Gasteiger partial charge in [0.2, 0.25) is 11.8 Å². The number of nitrogens with zero attached hydrogens (tertiary/aromatic N) is 3. The molecule has 1 saturated heterocycles. The minimum Gasteiger partial charge on any atom is -0.438 e. The van der Waals surface area contributed by atoms with Crippen LogP contribution in [0.2, 0.25) is 0 Å². The maximum atomic E-state index is 12.9. The Kier molecular flexibility index (Phi) is 5.49. The Labute approximate surface area is 170 Å². The molecule has 3 aromatic rings. The van der Waals surface area contributed by atoms with Gasteiger partial charge in [-0.2, -0.15) is 5.10 Å². The third-order valence-corrected chi connectivity index (χ3v) is 5.22. The van der Waals surface area contributed by atoms with E-state index >= 15 is 0 Å². The summed E-state index contributed by atoms with van der Waals surface area (Å²) in [7, 11) is 0. The van der Waals surface area contributed by atoms with Crippen molar-refractivity contribution < 1.29 is 13.9 Å². The number of ether oxygens (including phenoxy) is 1. The number of rotatable bonds is 6. The van der Waals surface area contributed by atoms with Crippen LogP contribution in [0.15, 0.2) is 53.3 Å². The van der Waals surface area contributed by atoms with E-state index < -0.39 is 0 Å². The van der Waals surface area contributed by atoms with Crippen molar-refractivity contribution in [2.75, 3.05) is 6.61 Å². The van der Waals surface area contributed by atoms with Gasteiger partial charge in [-0.3, -0.25) is 9.48 Å². The highest BCUT2D eigenvalue weighted by Crippen LogP contribution is 2.35. The van der Waals surface area contributed by atoms with Gasteiger partial charge < -0.3 is 14.5 Å². The Morgan fingerprint density at radius 2 is 2.00 bits per heavy atom. The summed E-state index contributed by atoms with van der Waals surface area (Å²) in [6.45, 7) is 6.57. The van der Waals surface area contributed by atoms with Gasteiger partial charge >= 0.3 is 0 Å². The normalized spacial score (nSPS) is 20.1. The van der Waals surface area contributed by atoms with Crippen molar-refractivity contribution in [3.63, 3.8) is 0 Å². The van der Waals surface area contributed by atoms with E-state index in [2.05, 4.69) is 29.2 Å². The van der Waals surface area contributed by atoms with E-state index in [1.807, 2.05) is 48.1 Å². The van der Waals surface area contributed by atoms with Crippen LogP contribution in [-0.4, -0.2) is 27.3 Å². The molecule has 1 fully saturated rings. The average molecular weight is 394 g/mol. The van der Waals surface area contributed by atoms with Crippen molar-refractivity contribution in [2.24, 2.45) is 5.92 Å². The third-order valence-electron chi connectivity index (χ3n) is 5.22. The summed E-state index contributed by atoms with van der Waals surface area (Å²) >= 11 is 0. The molecule has 4 rings (SSSR count). The van der Waals surface area contributed by atoms with Crippen molar-refractivity contribution in [3.8, 4) is 11.3 Å². The first kappa shape index (κ1) is 19.4. The monoisotopic (exact) mass is 394 g/mol. The number of oxazole rings is 1. The number of hydrogen-bond donors (Lipinski definition) is 1. The maximum Gasteiger partial charge on any atom is 0.226 e. The topological polar surface area (TPSA) is 82.2 Å². The zero-order valence-corrected chi connectivity index (χ0v) is 16.9. The SMILES string of the molecule is CC(NC(=O)[C@@H]1CCO[C@H]1c1cnn(C(C)C)c1)c1ncc(-c2ccccc2)o1. The van der Waals surface area contributed by atoms with E-state index in [1.165, 1.54) is 0 Å². The second-order valence-corrected chi connectivity index (χ2v) is 7.69. The molecule has 1 aliphatic heterocycles. The van der Waals surface area contributed by atoms with Crippen molar-refractivity contribution in [1.82, 2.24) is 20.1 Å². The molecule has 7 heteroatoms. The maximum absolute atomic E-state index is 12.9. The molecule has 3 heterocycles. The second kappa shape index (κ2) is 8.21. The van der Waals surface area contributed by atoms with Gasteiger partial charge in [-0.05, 0) is 27.2 Å². The van der Waals surface area contributed by atoms with Crippen LogP contribution in [0, 0.1) is 5.92 Å². The number of benzene rings is 1. The fourth-order valence-corrected chi connectivity index (χ4v) is 3.57. The summed E-state index contributed by atoms with van der Waals surface area (Å²) in [5.74, 6) is 0.854. The highest BCUT2D eigenvalue weighted by molar-refractivity contribution is 5.80. The Morgan fingerprint density at radius 1 is 1.21 bits per heavy atom. The summed E-state index contributed by atoms with van der Waals surface area (Å²) in [6, 6.07) is 9.71. The molecular formula is C22H26N4O3. The van der Waals surface area contributed by atoms with Gasteiger partial charge in [0, 0.05) is 30.0 Å². The molecule has 1 amide bonds. The molecule has 1 aromatic carbocycles. The lowest BCUT2D eigenvalue weighted by atomic mass is 9.96. The van der Waals surface area contributed by atoms with Crippen molar-refractivity contribution in [1.29, 1.82) is 0 Å². The van der Waals surface area contributed by atoms with E-state index in [0.717, 1.165) is 11.1 Å². The lowest BCUT2D eigenvalue weighted by Gasteiger charge is -2.19. The molecule has 7 nitrogen and oxygen atoms in total. The van der Waals surface area contributed by atoms with Gasteiger partial charge in [0.25, 0.3) is 0 Å². The van der Waals surface area contributed by atoms with E-state index in [4.69, 9.17) is 9.15 Å². The minimum atomic E-state index is -0.334. The van der Waals surface area contributed by atoms with Gasteiger partial charge in [0.15, 0.2) is 5.76 Å². The van der Waals surface area contributed by atoms with Crippen LogP contribution < -0.4 is 5.32 Å². The molecular weight excluding hydrogens is 368 g/mol. The number of aromatic nitrogens is 3. The highest BCUT2D eigenvalue weighted by atomic mass is 16.5. The first-order chi connectivity index (χ1) is 14.0. The van der Waals surface area contributed by atoms with Crippen molar-refractivity contribution >= 4 is 5.91 Å². The van der Waals surface area contributed by atoms with Crippen LogP contribution in [0.25, 0.3) is 11.3 Å². The lowest BCUT2D eigenvalue weighted by molar-refractivity contribution is -0.127. The summed E-state index contributed by atoms with van der Waals surface area (Å²) in [6.07, 6.45) is 5.84. The fraction of sp³-hybridized carbons (Fsp3) is 0.409. The molecule has 0 spiro atoms. The molecule has 29 heavy (non-hydrogen) atoms. The molecule has 0 radical (unpaired) electrons. The highest BCUT2D eigenvalue weighted by Gasteiger charge is 2.37. The first-order valence-corrected chi connectivity index (χ1v) is 10.00. The predicted octanol–water partition coefficient (Wildman–Crippen LogP) is 4.07. The van der Waals surface area contributed by atoms with Crippen LogP contribution in [0.5, 0.6) is 0 Å². The van der Waals surface area contributed by atoms with Gasteiger partial charge in [0.1, 0.15) is 6.04 Å². The Morgan fingerprint density at radius 3 is 2.72 bits per heavy atom. The van der Waals surface area contributed by atoms with Gasteiger partial charge in [-0.25, -0.2) is 4.98 Å². The molecule has 152 valence electrons. The molecule has 3 atom stereocenters. The van der Waals surface area contributed by atoms with Gasteiger partial charge in [0.05, 0.1) is 24.4 Å². The number of amides is 1. The second-order valence-electron chi connectivity index (χ2n) is 7.69. The van der Waals surface area contributed by atoms with Gasteiger partial charge in [-0.15, -0.1) is 0 Å². The third kappa shape index (κ3) is 4.10. The quantitative estimate of drug-likeness (QED) is 0.681. The molecule has 2 aromatic heterocycles. The molecule has 1 unspecified atom stereocenters. The van der Waals surface area contributed by atoms with Crippen LogP contribution in [0.3, 0.4) is 0 Å². The fourth-order valence-electron chi connectivity index (χ4n) is 3.57. The Hall–Kier alpha value is -2.93. The Balaban J connectivity index is 1.43. The van der Waals surface area contributed by atoms with Gasteiger partial charge in [-0.1, -0.05) is 30.3 Å². The Bertz CT molecular complexity index is 963. The lowest BCUT2D eigenvalue weighted by Crippen LogP contribution is -2.34. The number of carbonyl (C=O) groups excluding carboxylic acids is 1. The van der Waals surface area contributed by atoms with Crippen LogP contribution in [0.4, 0.5) is 0 Å². The van der Waals surface area contributed by atoms with Crippen LogP contribution in [-0.2, 0) is 9.53 Å². The number of carbonyl (C=O) groups is 1. The first-order valence-electron chi connectivity index (χ1n) is 10.00. The molecule has 0 saturated carbocycles. The average Bonchev–Trinajstić information content (AvgIpc) is 3.48. The minimum absolute atomic E-state index is 0.0586. The largest absolute Gasteiger partial charge is 0.438 e. The molecule has 0 bridgehead atoms. The summed E-state index contributed by atoms with van der Waals surface area (Å²) in [5, 5.41) is 7.40. The smallest absolute Gasteiger partial charge is 0.226 e. The van der Waals surface area contributed by atoms with Crippen molar-refractivity contribution in [3.05, 3.63) is 60.4 Å².